The maximum Gasteiger partial charge on any atom is 0.257 e. The van der Waals surface area contributed by atoms with E-state index in [0.717, 1.165) is 43.1 Å². The molecule has 1 saturated carbocycles. The van der Waals surface area contributed by atoms with Gasteiger partial charge >= 0.3 is 0 Å². The molecule has 0 atom stereocenters. The van der Waals surface area contributed by atoms with E-state index in [9.17, 15) is 13.6 Å². The highest BCUT2D eigenvalue weighted by Gasteiger charge is 2.30. The molecular formula is C14H16BrF2NO. The summed E-state index contributed by atoms with van der Waals surface area (Å²) in [6, 6.07) is 3.32. The standard InChI is InChI=1S/C14H16BrF2NO/c15-7-2-8-18(11-3-1-4-11)14(19)12-6-5-10(16)9-13(12)17/h5-6,9,11H,1-4,7-8H2. The molecule has 0 aromatic heterocycles. The molecule has 1 amide bonds. The van der Waals surface area contributed by atoms with Gasteiger partial charge in [0.15, 0.2) is 0 Å². The van der Waals surface area contributed by atoms with Gasteiger partial charge in [0.2, 0.25) is 0 Å². The lowest BCUT2D eigenvalue weighted by atomic mass is 9.90. The number of amides is 1. The number of alkyl halides is 1. The number of carbonyl (C=O) groups excluding carboxylic acids is 1. The van der Waals surface area contributed by atoms with Crippen LogP contribution in [0.1, 0.15) is 36.0 Å². The van der Waals surface area contributed by atoms with Crippen LogP contribution in [0.2, 0.25) is 0 Å². The zero-order chi connectivity index (χ0) is 13.8. The van der Waals surface area contributed by atoms with Crippen molar-refractivity contribution in [3.8, 4) is 0 Å². The number of carbonyl (C=O) groups is 1. The van der Waals surface area contributed by atoms with Crippen LogP contribution < -0.4 is 0 Å². The first-order valence-corrected chi connectivity index (χ1v) is 7.57. The molecule has 0 bridgehead atoms. The quantitative estimate of drug-likeness (QED) is 0.752. The number of rotatable bonds is 5. The van der Waals surface area contributed by atoms with Gasteiger partial charge in [-0.2, -0.15) is 0 Å². The number of nitrogens with zero attached hydrogens (tertiary/aromatic N) is 1. The first-order chi connectivity index (χ1) is 9.13. The predicted octanol–water partition coefficient (Wildman–Crippen LogP) is 3.74. The minimum atomic E-state index is -0.784. The summed E-state index contributed by atoms with van der Waals surface area (Å²) in [5, 5.41) is 0.801. The molecule has 0 unspecified atom stereocenters. The third kappa shape index (κ3) is 3.32. The van der Waals surface area contributed by atoms with Gasteiger partial charge in [-0.05, 0) is 37.8 Å². The first kappa shape index (κ1) is 14.4. The molecule has 1 fully saturated rings. The van der Waals surface area contributed by atoms with Crippen molar-refractivity contribution in [1.29, 1.82) is 0 Å². The average Bonchev–Trinajstić information content (AvgIpc) is 2.31. The summed E-state index contributed by atoms with van der Waals surface area (Å²) >= 11 is 3.33. The fourth-order valence-electron chi connectivity index (χ4n) is 2.20. The lowest BCUT2D eigenvalue weighted by Gasteiger charge is -2.37. The Labute approximate surface area is 119 Å². The molecule has 104 valence electrons. The van der Waals surface area contributed by atoms with Crippen LogP contribution >= 0.6 is 15.9 Å². The highest BCUT2D eigenvalue weighted by Crippen LogP contribution is 2.27. The Morgan fingerprint density at radius 2 is 2.11 bits per heavy atom. The highest BCUT2D eigenvalue weighted by atomic mass is 79.9. The molecule has 0 N–H and O–H groups in total. The fraction of sp³-hybridized carbons (Fsp3) is 0.500. The van der Waals surface area contributed by atoms with E-state index in [1.165, 1.54) is 6.07 Å². The summed E-state index contributed by atoms with van der Waals surface area (Å²) in [6.07, 6.45) is 3.87. The van der Waals surface area contributed by atoms with Crippen molar-refractivity contribution >= 4 is 21.8 Å². The van der Waals surface area contributed by atoms with Crippen LogP contribution in [-0.2, 0) is 0 Å². The Hall–Kier alpha value is -0.970. The zero-order valence-corrected chi connectivity index (χ0v) is 12.1. The molecule has 0 aliphatic heterocycles. The Kier molecular flexibility index (Phi) is 4.91. The molecule has 1 aliphatic rings. The average molecular weight is 332 g/mol. The van der Waals surface area contributed by atoms with Crippen molar-refractivity contribution in [3.05, 3.63) is 35.4 Å². The van der Waals surface area contributed by atoms with Crippen molar-refractivity contribution in [2.75, 3.05) is 11.9 Å². The summed E-state index contributed by atoms with van der Waals surface area (Å²) in [4.78, 5) is 14.1. The molecule has 0 radical (unpaired) electrons. The Bertz CT molecular complexity index is 463. The van der Waals surface area contributed by atoms with Gasteiger partial charge < -0.3 is 4.90 Å². The van der Waals surface area contributed by atoms with E-state index in [1.54, 1.807) is 4.90 Å². The SMILES string of the molecule is O=C(c1ccc(F)cc1F)N(CCCBr)C1CCC1. The van der Waals surface area contributed by atoms with E-state index in [-0.39, 0.29) is 17.5 Å². The Balaban J connectivity index is 2.17. The number of hydrogen-bond acceptors (Lipinski definition) is 1. The summed E-state index contributed by atoms with van der Waals surface area (Å²) in [5.41, 5.74) is -0.0390. The first-order valence-electron chi connectivity index (χ1n) is 6.45. The largest absolute Gasteiger partial charge is 0.336 e. The second kappa shape index (κ2) is 6.46. The molecule has 1 aromatic carbocycles. The van der Waals surface area contributed by atoms with Gasteiger partial charge in [0.05, 0.1) is 5.56 Å². The second-order valence-corrected chi connectivity index (χ2v) is 5.54. The van der Waals surface area contributed by atoms with Crippen molar-refractivity contribution in [3.63, 3.8) is 0 Å². The maximum atomic E-state index is 13.7. The highest BCUT2D eigenvalue weighted by molar-refractivity contribution is 9.09. The van der Waals surface area contributed by atoms with Crippen LogP contribution in [0, 0.1) is 11.6 Å². The smallest absolute Gasteiger partial charge is 0.257 e. The summed E-state index contributed by atoms with van der Waals surface area (Å²) < 4.78 is 26.6. The summed E-state index contributed by atoms with van der Waals surface area (Å²) in [5.74, 6) is -1.78. The van der Waals surface area contributed by atoms with E-state index in [4.69, 9.17) is 0 Å². The van der Waals surface area contributed by atoms with E-state index in [0.29, 0.717) is 6.54 Å². The van der Waals surface area contributed by atoms with Crippen LogP contribution in [0.25, 0.3) is 0 Å². The molecule has 0 saturated heterocycles. The van der Waals surface area contributed by atoms with E-state index >= 15 is 0 Å². The third-order valence-corrected chi connectivity index (χ3v) is 4.03. The molecule has 1 aromatic rings. The van der Waals surface area contributed by atoms with Gasteiger partial charge in [0.25, 0.3) is 5.91 Å². The maximum absolute atomic E-state index is 13.7. The van der Waals surface area contributed by atoms with Crippen LogP contribution in [0.4, 0.5) is 8.78 Å². The molecule has 2 nitrogen and oxygen atoms in total. The lowest BCUT2D eigenvalue weighted by molar-refractivity contribution is 0.0576. The van der Waals surface area contributed by atoms with Crippen molar-refractivity contribution < 1.29 is 13.6 Å². The fourth-order valence-corrected chi connectivity index (χ4v) is 2.45. The molecule has 2 rings (SSSR count). The van der Waals surface area contributed by atoms with Crippen LogP contribution in [0.15, 0.2) is 18.2 Å². The number of hydrogen-bond donors (Lipinski definition) is 0. The van der Waals surface area contributed by atoms with Crippen LogP contribution in [-0.4, -0.2) is 28.7 Å². The van der Waals surface area contributed by atoms with Crippen molar-refractivity contribution in [2.24, 2.45) is 0 Å². The molecule has 19 heavy (non-hydrogen) atoms. The van der Waals surface area contributed by atoms with Gasteiger partial charge in [0, 0.05) is 24.0 Å². The molecule has 0 spiro atoms. The van der Waals surface area contributed by atoms with Crippen LogP contribution in [0.3, 0.4) is 0 Å². The molecular weight excluding hydrogens is 316 g/mol. The normalized spacial score (nSPS) is 15.1. The summed E-state index contributed by atoms with van der Waals surface area (Å²) in [7, 11) is 0. The monoisotopic (exact) mass is 331 g/mol. The number of halogens is 3. The van der Waals surface area contributed by atoms with Crippen molar-refractivity contribution in [1.82, 2.24) is 4.90 Å². The Morgan fingerprint density at radius 3 is 2.63 bits per heavy atom. The minimum absolute atomic E-state index is 0.0390. The topological polar surface area (TPSA) is 20.3 Å². The minimum Gasteiger partial charge on any atom is -0.336 e. The van der Waals surface area contributed by atoms with Gasteiger partial charge in [-0.3, -0.25) is 4.79 Å². The van der Waals surface area contributed by atoms with Gasteiger partial charge in [-0.15, -0.1) is 0 Å². The van der Waals surface area contributed by atoms with Gasteiger partial charge in [0.1, 0.15) is 11.6 Å². The third-order valence-electron chi connectivity index (χ3n) is 3.47. The molecule has 5 heteroatoms. The Morgan fingerprint density at radius 1 is 1.37 bits per heavy atom. The van der Waals surface area contributed by atoms with Crippen molar-refractivity contribution in [2.45, 2.75) is 31.7 Å². The summed E-state index contributed by atoms with van der Waals surface area (Å²) in [6.45, 7) is 0.603. The predicted molar refractivity (Wildman–Crippen MR) is 73.4 cm³/mol. The van der Waals surface area contributed by atoms with Gasteiger partial charge in [-0.25, -0.2) is 8.78 Å². The van der Waals surface area contributed by atoms with Gasteiger partial charge in [-0.1, -0.05) is 15.9 Å². The van der Waals surface area contributed by atoms with E-state index in [2.05, 4.69) is 15.9 Å². The van der Waals surface area contributed by atoms with E-state index in [1.807, 2.05) is 0 Å². The zero-order valence-electron chi connectivity index (χ0n) is 10.5. The molecule has 1 aliphatic carbocycles. The molecule has 0 heterocycles. The van der Waals surface area contributed by atoms with E-state index < -0.39 is 11.6 Å². The second-order valence-electron chi connectivity index (χ2n) is 4.75. The van der Waals surface area contributed by atoms with Crippen LogP contribution in [0.5, 0.6) is 0 Å². The lowest BCUT2D eigenvalue weighted by Crippen LogP contribution is -2.45. The number of benzene rings is 1.